The molecule has 1 aliphatic rings. The number of piperazine rings is 1. The van der Waals surface area contributed by atoms with Crippen LogP contribution < -0.4 is 5.32 Å². The second-order valence-corrected chi connectivity index (χ2v) is 11.1. The lowest BCUT2D eigenvalue weighted by Gasteiger charge is -2.33. The van der Waals surface area contributed by atoms with E-state index in [4.69, 9.17) is 0 Å². The fourth-order valence-corrected chi connectivity index (χ4v) is 5.69. The molecular formula is C20H27N3O3S2. The van der Waals surface area contributed by atoms with Crippen molar-refractivity contribution in [1.29, 1.82) is 0 Å². The smallest absolute Gasteiger partial charge is 0.252 e. The van der Waals surface area contributed by atoms with E-state index in [9.17, 15) is 13.2 Å². The van der Waals surface area contributed by atoms with E-state index < -0.39 is 10.0 Å². The van der Waals surface area contributed by atoms with Crippen LogP contribution in [0.2, 0.25) is 0 Å². The molecule has 0 saturated carbocycles. The maximum Gasteiger partial charge on any atom is 0.252 e. The second kappa shape index (κ2) is 8.32. The summed E-state index contributed by atoms with van der Waals surface area (Å²) >= 11 is 1.23. The lowest BCUT2D eigenvalue weighted by Crippen LogP contribution is -2.50. The Hall–Kier alpha value is -1.74. The van der Waals surface area contributed by atoms with Crippen LogP contribution in [-0.4, -0.2) is 56.3 Å². The number of carbonyl (C=O) groups excluding carboxylic acids is 1. The Kier molecular flexibility index (Phi) is 6.24. The van der Waals surface area contributed by atoms with Crippen LogP contribution in [0.25, 0.3) is 0 Å². The molecule has 152 valence electrons. The third-order valence-electron chi connectivity index (χ3n) is 4.82. The van der Waals surface area contributed by atoms with Crippen molar-refractivity contribution in [2.24, 2.45) is 0 Å². The van der Waals surface area contributed by atoms with E-state index in [0.29, 0.717) is 30.4 Å². The highest BCUT2D eigenvalue weighted by Crippen LogP contribution is 2.24. The molecule has 2 heterocycles. The Labute approximate surface area is 171 Å². The molecule has 1 fully saturated rings. The summed E-state index contributed by atoms with van der Waals surface area (Å²) in [4.78, 5) is 14.3. The maximum absolute atomic E-state index is 12.6. The van der Waals surface area contributed by atoms with E-state index in [-0.39, 0.29) is 17.9 Å². The quantitative estimate of drug-likeness (QED) is 0.806. The summed E-state index contributed by atoms with van der Waals surface area (Å²) in [5, 5.41) is 4.69. The number of rotatable bonds is 5. The Morgan fingerprint density at radius 1 is 1.07 bits per heavy atom. The average Bonchev–Trinajstić information content (AvgIpc) is 3.17. The SMILES string of the molecule is CC(C)(C)c1ccc(NC(=O)CN2CCN(S(=O)(=O)c3cccs3)CC2)cc1. The summed E-state index contributed by atoms with van der Waals surface area (Å²) < 4.78 is 27.0. The number of thiophene rings is 1. The minimum Gasteiger partial charge on any atom is -0.325 e. The molecule has 0 bridgehead atoms. The summed E-state index contributed by atoms with van der Waals surface area (Å²) in [6.45, 7) is 8.59. The van der Waals surface area contributed by atoms with Crippen LogP contribution in [0.5, 0.6) is 0 Å². The summed E-state index contributed by atoms with van der Waals surface area (Å²) in [5.74, 6) is -0.0851. The third-order valence-corrected chi connectivity index (χ3v) is 8.09. The van der Waals surface area contributed by atoms with Gasteiger partial charge < -0.3 is 5.32 Å². The molecule has 0 unspecified atom stereocenters. The summed E-state index contributed by atoms with van der Waals surface area (Å²) in [6.07, 6.45) is 0. The predicted octanol–water partition coefficient (Wildman–Crippen LogP) is 2.99. The molecule has 6 nitrogen and oxygen atoms in total. The van der Waals surface area contributed by atoms with Crippen molar-refractivity contribution < 1.29 is 13.2 Å². The predicted molar refractivity (Wildman–Crippen MR) is 113 cm³/mol. The lowest BCUT2D eigenvalue weighted by molar-refractivity contribution is -0.117. The van der Waals surface area contributed by atoms with Crippen LogP contribution in [-0.2, 0) is 20.2 Å². The second-order valence-electron chi connectivity index (χ2n) is 7.99. The first-order valence-electron chi connectivity index (χ1n) is 9.33. The normalized spacial score (nSPS) is 16.8. The van der Waals surface area contributed by atoms with E-state index in [1.54, 1.807) is 17.5 Å². The van der Waals surface area contributed by atoms with Crippen molar-refractivity contribution in [3.63, 3.8) is 0 Å². The first kappa shape index (κ1) is 21.0. The van der Waals surface area contributed by atoms with Crippen molar-refractivity contribution >= 4 is 33.0 Å². The standard InChI is InChI=1S/C20H27N3O3S2/c1-20(2,3)16-6-8-17(9-7-16)21-18(24)15-22-10-12-23(13-11-22)28(25,26)19-5-4-14-27-19/h4-9,14H,10-13,15H2,1-3H3,(H,21,24). The van der Waals surface area contributed by atoms with E-state index in [2.05, 4.69) is 26.1 Å². The molecule has 0 spiro atoms. The van der Waals surface area contributed by atoms with Crippen LogP contribution >= 0.6 is 11.3 Å². The van der Waals surface area contributed by atoms with Crippen molar-refractivity contribution in [1.82, 2.24) is 9.21 Å². The Bertz CT molecular complexity index is 893. The summed E-state index contributed by atoms with van der Waals surface area (Å²) in [5.41, 5.74) is 2.07. The molecule has 1 aliphatic heterocycles. The van der Waals surface area contributed by atoms with Gasteiger partial charge in [0.15, 0.2) is 0 Å². The number of amides is 1. The van der Waals surface area contributed by atoms with Crippen molar-refractivity contribution in [2.45, 2.75) is 30.4 Å². The van der Waals surface area contributed by atoms with Gasteiger partial charge in [0, 0.05) is 31.9 Å². The molecule has 1 aromatic heterocycles. The number of sulfonamides is 1. The topological polar surface area (TPSA) is 69.7 Å². The highest BCUT2D eigenvalue weighted by molar-refractivity contribution is 7.91. The number of anilines is 1. The number of nitrogens with one attached hydrogen (secondary N) is 1. The Morgan fingerprint density at radius 3 is 2.25 bits per heavy atom. The first-order chi connectivity index (χ1) is 13.2. The van der Waals surface area contributed by atoms with Crippen LogP contribution in [0, 0.1) is 0 Å². The van der Waals surface area contributed by atoms with E-state index in [0.717, 1.165) is 5.69 Å². The molecule has 1 saturated heterocycles. The van der Waals surface area contributed by atoms with E-state index in [1.807, 2.05) is 29.2 Å². The van der Waals surface area contributed by atoms with Crippen molar-refractivity contribution in [3.8, 4) is 0 Å². The zero-order chi connectivity index (χ0) is 20.4. The number of nitrogens with zero attached hydrogens (tertiary/aromatic N) is 2. The monoisotopic (exact) mass is 421 g/mol. The van der Waals surface area contributed by atoms with Crippen molar-refractivity contribution in [2.75, 3.05) is 38.0 Å². The minimum atomic E-state index is -3.41. The van der Waals surface area contributed by atoms with Gasteiger partial charge in [0.25, 0.3) is 10.0 Å². The van der Waals surface area contributed by atoms with Gasteiger partial charge in [-0.15, -0.1) is 11.3 Å². The number of hydrogen-bond donors (Lipinski definition) is 1. The van der Waals surface area contributed by atoms with Gasteiger partial charge in [-0.2, -0.15) is 4.31 Å². The van der Waals surface area contributed by atoms with Gasteiger partial charge in [0.05, 0.1) is 6.54 Å². The van der Waals surface area contributed by atoms with E-state index in [1.165, 1.54) is 21.2 Å². The van der Waals surface area contributed by atoms with Crippen LogP contribution in [0.4, 0.5) is 5.69 Å². The molecule has 1 aromatic carbocycles. The molecule has 0 aliphatic carbocycles. The maximum atomic E-state index is 12.6. The van der Waals surface area contributed by atoms with Crippen molar-refractivity contribution in [3.05, 3.63) is 47.3 Å². The highest BCUT2D eigenvalue weighted by atomic mass is 32.2. The largest absolute Gasteiger partial charge is 0.325 e. The van der Waals surface area contributed by atoms with E-state index >= 15 is 0 Å². The molecule has 3 rings (SSSR count). The van der Waals surface area contributed by atoms with Gasteiger partial charge in [0.2, 0.25) is 5.91 Å². The van der Waals surface area contributed by atoms with Gasteiger partial charge in [-0.05, 0) is 34.6 Å². The molecule has 1 N–H and O–H groups in total. The average molecular weight is 422 g/mol. The number of hydrogen-bond acceptors (Lipinski definition) is 5. The number of benzene rings is 1. The van der Waals surface area contributed by atoms with Gasteiger partial charge in [-0.1, -0.05) is 39.0 Å². The zero-order valence-electron chi connectivity index (χ0n) is 16.5. The fraction of sp³-hybridized carbons (Fsp3) is 0.450. The molecule has 8 heteroatoms. The summed E-state index contributed by atoms with van der Waals surface area (Å²) in [7, 11) is -3.41. The van der Waals surface area contributed by atoms with Crippen LogP contribution in [0.3, 0.4) is 0 Å². The van der Waals surface area contributed by atoms with Crippen LogP contribution in [0.1, 0.15) is 26.3 Å². The third kappa shape index (κ3) is 5.00. The van der Waals surface area contributed by atoms with Gasteiger partial charge in [0.1, 0.15) is 4.21 Å². The Balaban J connectivity index is 1.50. The van der Waals surface area contributed by atoms with Gasteiger partial charge in [-0.25, -0.2) is 8.42 Å². The Morgan fingerprint density at radius 2 is 1.71 bits per heavy atom. The zero-order valence-corrected chi connectivity index (χ0v) is 18.1. The molecule has 1 amide bonds. The molecule has 2 aromatic rings. The molecule has 0 radical (unpaired) electrons. The highest BCUT2D eigenvalue weighted by Gasteiger charge is 2.29. The van der Waals surface area contributed by atoms with Gasteiger partial charge >= 0.3 is 0 Å². The van der Waals surface area contributed by atoms with Crippen LogP contribution in [0.15, 0.2) is 46.0 Å². The number of carbonyl (C=O) groups is 1. The van der Waals surface area contributed by atoms with Gasteiger partial charge in [-0.3, -0.25) is 9.69 Å². The molecule has 0 atom stereocenters. The molecule has 28 heavy (non-hydrogen) atoms. The fourth-order valence-electron chi connectivity index (χ4n) is 3.12. The minimum absolute atomic E-state index is 0.0751. The lowest BCUT2D eigenvalue weighted by atomic mass is 9.87. The first-order valence-corrected chi connectivity index (χ1v) is 11.6. The summed E-state index contributed by atoms with van der Waals surface area (Å²) in [6, 6.07) is 11.3. The molecular weight excluding hydrogens is 394 g/mol.